The van der Waals surface area contributed by atoms with E-state index in [9.17, 15) is 14.4 Å². The predicted molar refractivity (Wildman–Crippen MR) is 181 cm³/mol. The van der Waals surface area contributed by atoms with Crippen molar-refractivity contribution in [1.29, 1.82) is 0 Å². The summed E-state index contributed by atoms with van der Waals surface area (Å²) in [6, 6.07) is 36.5. The molecule has 5 aromatic rings. The van der Waals surface area contributed by atoms with E-state index in [-0.39, 0.29) is 18.1 Å². The Morgan fingerprint density at radius 3 is 2.15 bits per heavy atom. The third-order valence-electron chi connectivity index (χ3n) is 7.66. The van der Waals surface area contributed by atoms with Crippen molar-refractivity contribution in [2.24, 2.45) is 0 Å². The molecule has 1 amide bonds. The van der Waals surface area contributed by atoms with Gasteiger partial charge in [0, 0.05) is 42.2 Å². The molecule has 0 unspecified atom stereocenters. The molecule has 47 heavy (non-hydrogen) atoms. The maximum absolute atomic E-state index is 13.2. The highest BCUT2D eigenvalue weighted by Gasteiger charge is 2.23. The standard InChI is InChI=1S/C39H37N3O5/c1-46-39(45)36(41-35-17-9-8-16-34(35)38(44)32-14-6-3-7-15-32)25-29-18-20-33(21-19-29)47-24-23-42(28-30-11-4-2-5-12-30)37(43)26-31-13-10-22-40-27-31/h2-22,27,36,41H,23-26,28H2,1H3/t36-/m0/s1. The van der Waals surface area contributed by atoms with Gasteiger partial charge in [0.2, 0.25) is 5.91 Å². The van der Waals surface area contributed by atoms with Gasteiger partial charge in [0.25, 0.3) is 0 Å². The molecular formula is C39H37N3O5. The molecule has 0 aliphatic carbocycles. The highest BCUT2D eigenvalue weighted by atomic mass is 16.5. The van der Waals surface area contributed by atoms with E-state index in [4.69, 9.17) is 9.47 Å². The van der Waals surface area contributed by atoms with Gasteiger partial charge in [-0.25, -0.2) is 4.79 Å². The molecule has 8 heteroatoms. The number of aromatic nitrogens is 1. The number of benzene rings is 4. The molecule has 0 aliphatic rings. The van der Waals surface area contributed by atoms with E-state index in [0.29, 0.717) is 48.7 Å². The number of hydrogen-bond donors (Lipinski definition) is 1. The number of carbonyl (C=O) groups excluding carboxylic acids is 3. The molecule has 0 radical (unpaired) electrons. The summed E-state index contributed by atoms with van der Waals surface area (Å²) in [5.74, 6) is 0.0605. The molecule has 0 saturated heterocycles. The summed E-state index contributed by atoms with van der Waals surface area (Å²) in [6.45, 7) is 1.19. The number of rotatable bonds is 15. The van der Waals surface area contributed by atoms with Crippen LogP contribution in [-0.2, 0) is 33.7 Å². The fourth-order valence-electron chi connectivity index (χ4n) is 5.19. The number of anilines is 1. The molecule has 4 aromatic carbocycles. The summed E-state index contributed by atoms with van der Waals surface area (Å²) in [5, 5.41) is 3.24. The van der Waals surface area contributed by atoms with E-state index in [1.807, 2.05) is 91.0 Å². The lowest BCUT2D eigenvalue weighted by Crippen LogP contribution is -2.35. The molecule has 0 fully saturated rings. The molecule has 0 aliphatic heterocycles. The van der Waals surface area contributed by atoms with Crippen LogP contribution in [0.1, 0.15) is 32.6 Å². The lowest BCUT2D eigenvalue weighted by atomic mass is 10.00. The zero-order valence-corrected chi connectivity index (χ0v) is 26.3. The lowest BCUT2D eigenvalue weighted by Gasteiger charge is -2.23. The van der Waals surface area contributed by atoms with Crippen LogP contribution in [0, 0.1) is 0 Å². The second kappa shape index (κ2) is 16.5. The summed E-state index contributed by atoms with van der Waals surface area (Å²) in [7, 11) is 1.34. The van der Waals surface area contributed by atoms with Gasteiger partial charge in [-0.15, -0.1) is 0 Å². The minimum absolute atomic E-state index is 0.00537. The number of esters is 1. The molecule has 0 spiro atoms. The second-order valence-corrected chi connectivity index (χ2v) is 11.0. The Kier molecular flexibility index (Phi) is 11.5. The minimum atomic E-state index is -0.728. The van der Waals surface area contributed by atoms with Crippen LogP contribution in [-0.4, -0.2) is 53.8 Å². The van der Waals surface area contributed by atoms with E-state index in [1.54, 1.807) is 47.6 Å². The number of hydrogen-bond acceptors (Lipinski definition) is 7. The average molecular weight is 628 g/mol. The van der Waals surface area contributed by atoms with Crippen LogP contribution in [0.25, 0.3) is 0 Å². The number of para-hydroxylation sites is 1. The van der Waals surface area contributed by atoms with Crippen molar-refractivity contribution in [2.45, 2.75) is 25.4 Å². The first-order valence-corrected chi connectivity index (χ1v) is 15.5. The zero-order chi connectivity index (χ0) is 32.8. The Balaban J connectivity index is 1.21. The van der Waals surface area contributed by atoms with Gasteiger partial charge in [0.15, 0.2) is 5.78 Å². The van der Waals surface area contributed by atoms with Gasteiger partial charge in [0.1, 0.15) is 18.4 Å². The van der Waals surface area contributed by atoms with Crippen molar-refractivity contribution in [3.05, 3.63) is 162 Å². The number of pyridine rings is 1. The third kappa shape index (κ3) is 9.37. The molecule has 8 nitrogen and oxygen atoms in total. The second-order valence-electron chi connectivity index (χ2n) is 11.0. The number of ketones is 1. The van der Waals surface area contributed by atoms with Crippen LogP contribution in [0.15, 0.2) is 134 Å². The third-order valence-corrected chi connectivity index (χ3v) is 7.66. The number of methoxy groups -OCH3 is 1. The number of nitrogens with one attached hydrogen (secondary N) is 1. The summed E-state index contributed by atoms with van der Waals surface area (Å²) >= 11 is 0. The van der Waals surface area contributed by atoms with E-state index in [0.717, 1.165) is 16.7 Å². The van der Waals surface area contributed by atoms with Gasteiger partial charge in [-0.05, 0) is 47.0 Å². The normalized spacial score (nSPS) is 11.3. The fraction of sp³-hybridized carbons (Fsp3) is 0.179. The first kappa shape index (κ1) is 32.6. The van der Waals surface area contributed by atoms with E-state index in [1.165, 1.54) is 7.11 Å². The maximum atomic E-state index is 13.2. The van der Waals surface area contributed by atoms with Crippen LogP contribution in [0.3, 0.4) is 0 Å². The highest BCUT2D eigenvalue weighted by molar-refractivity contribution is 6.12. The molecule has 0 saturated carbocycles. The number of nitrogens with zero attached hydrogens (tertiary/aromatic N) is 2. The molecule has 1 aromatic heterocycles. The SMILES string of the molecule is COC(=O)[C@H](Cc1ccc(OCCN(Cc2ccccc2)C(=O)Cc2cccnc2)cc1)Nc1ccccc1C(=O)c1ccccc1. The number of carbonyl (C=O) groups is 3. The van der Waals surface area contributed by atoms with Gasteiger partial charge < -0.3 is 19.7 Å². The van der Waals surface area contributed by atoms with Crippen molar-refractivity contribution >= 4 is 23.3 Å². The quantitative estimate of drug-likeness (QED) is 0.110. The summed E-state index contributed by atoms with van der Waals surface area (Å²) in [4.78, 5) is 45.2. The van der Waals surface area contributed by atoms with Crippen molar-refractivity contribution < 1.29 is 23.9 Å². The highest BCUT2D eigenvalue weighted by Crippen LogP contribution is 2.22. The monoisotopic (exact) mass is 627 g/mol. The Morgan fingerprint density at radius 2 is 1.45 bits per heavy atom. The van der Waals surface area contributed by atoms with Crippen molar-refractivity contribution in [1.82, 2.24) is 9.88 Å². The Labute approximate surface area is 275 Å². The van der Waals surface area contributed by atoms with Gasteiger partial charge in [-0.3, -0.25) is 14.6 Å². The van der Waals surface area contributed by atoms with Gasteiger partial charge >= 0.3 is 5.97 Å². The lowest BCUT2D eigenvalue weighted by molar-refractivity contribution is -0.141. The number of amides is 1. The van der Waals surface area contributed by atoms with E-state index >= 15 is 0 Å². The molecular weight excluding hydrogens is 590 g/mol. The van der Waals surface area contributed by atoms with Crippen LogP contribution in [0.4, 0.5) is 5.69 Å². The minimum Gasteiger partial charge on any atom is -0.492 e. The molecule has 238 valence electrons. The van der Waals surface area contributed by atoms with Gasteiger partial charge in [0.05, 0.1) is 20.1 Å². The first-order chi connectivity index (χ1) is 23.0. The Hall–Kier alpha value is -5.76. The zero-order valence-electron chi connectivity index (χ0n) is 26.3. The Morgan fingerprint density at radius 1 is 0.766 bits per heavy atom. The van der Waals surface area contributed by atoms with Gasteiger partial charge in [-0.1, -0.05) is 91.0 Å². The molecule has 5 rings (SSSR count). The largest absolute Gasteiger partial charge is 0.492 e. The van der Waals surface area contributed by atoms with Crippen LogP contribution in [0.5, 0.6) is 5.75 Å². The topological polar surface area (TPSA) is 97.8 Å². The summed E-state index contributed by atoms with van der Waals surface area (Å²) in [6.07, 6.45) is 3.99. The molecule has 1 N–H and O–H groups in total. The van der Waals surface area contributed by atoms with Crippen molar-refractivity contribution in [3.63, 3.8) is 0 Å². The average Bonchev–Trinajstić information content (AvgIpc) is 3.12. The summed E-state index contributed by atoms with van der Waals surface area (Å²) in [5.41, 5.74) is 4.36. The van der Waals surface area contributed by atoms with Crippen molar-refractivity contribution in [2.75, 3.05) is 25.6 Å². The molecule has 1 heterocycles. The molecule has 0 bridgehead atoms. The van der Waals surface area contributed by atoms with Gasteiger partial charge in [-0.2, -0.15) is 0 Å². The smallest absolute Gasteiger partial charge is 0.328 e. The van der Waals surface area contributed by atoms with E-state index in [2.05, 4.69) is 10.3 Å². The predicted octanol–water partition coefficient (Wildman–Crippen LogP) is 6.16. The van der Waals surface area contributed by atoms with Crippen LogP contribution >= 0.6 is 0 Å². The first-order valence-electron chi connectivity index (χ1n) is 15.5. The Bertz CT molecular complexity index is 1750. The van der Waals surface area contributed by atoms with Crippen molar-refractivity contribution in [3.8, 4) is 5.75 Å². The van der Waals surface area contributed by atoms with Crippen LogP contribution in [0.2, 0.25) is 0 Å². The maximum Gasteiger partial charge on any atom is 0.328 e. The number of ether oxygens (including phenoxy) is 2. The summed E-state index contributed by atoms with van der Waals surface area (Å²) < 4.78 is 11.1. The fourth-order valence-corrected chi connectivity index (χ4v) is 5.19. The van der Waals surface area contributed by atoms with E-state index < -0.39 is 12.0 Å². The van der Waals surface area contributed by atoms with Crippen LogP contribution < -0.4 is 10.1 Å². The molecule has 1 atom stereocenters.